The van der Waals surface area contributed by atoms with Crippen LogP contribution in [-0.2, 0) is 4.74 Å². The van der Waals surface area contributed by atoms with Crippen LogP contribution in [0.1, 0.15) is 30.1 Å². The summed E-state index contributed by atoms with van der Waals surface area (Å²) in [6, 6.07) is 6.36. The van der Waals surface area contributed by atoms with E-state index in [1.54, 1.807) is 7.11 Å². The van der Waals surface area contributed by atoms with Gasteiger partial charge in [0, 0.05) is 19.1 Å². The molecule has 1 aromatic carbocycles. The van der Waals surface area contributed by atoms with Crippen molar-refractivity contribution in [3.8, 4) is 5.75 Å². The lowest BCUT2D eigenvalue weighted by atomic mass is 9.89. The molecule has 0 aromatic heterocycles. The lowest BCUT2D eigenvalue weighted by Gasteiger charge is -2.32. The molecule has 1 heterocycles. The molecule has 3 nitrogen and oxygen atoms in total. The molecule has 1 fully saturated rings. The van der Waals surface area contributed by atoms with Crippen molar-refractivity contribution in [3.63, 3.8) is 0 Å². The highest BCUT2D eigenvalue weighted by Crippen LogP contribution is 2.34. The summed E-state index contributed by atoms with van der Waals surface area (Å²) in [5.74, 6) is 1.51. The third kappa shape index (κ3) is 2.85. The summed E-state index contributed by atoms with van der Waals surface area (Å²) in [6.07, 6.45) is 2.62. The monoisotopic (exact) mass is 249 g/mol. The fourth-order valence-corrected chi connectivity index (χ4v) is 2.76. The molecular weight excluding hydrogens is 226 g/mol. The fraction of sp³-hybridized carbons (Fsp3) is 0.600. The molecule has 0 saturated carbocycles. The molecular formula is C15H23NO2. The minimum Gasteiger partial charge on any atom is -0.496 e. The van der Waals surface area contributed by atoms with Crippen molar-refractivity contribution in [3.05, 3.63) is 29.3 Å². The summed E-state index contributed by atoms with van der Waals surface area (Å²) in [5, 5.41) is 3.27. The second-order valence-corrected chi connectivity index (χ2v) is 4.98. The molecule has 0 radical (unpaired) electrons. The van der Waals surface area contributed by atoms with Gasteiger partial charge in [0.15, 0.2) is 0 Å². The molecule has 3 heteroatoms. The fourth-order valence-electron chi connectivity index (χ4n) is 2.76. The molecule has 0 aliphatic carbocycles. The predicted octanol–water partition coefficient (Wildman–Crippen LogP) is 2.69. The van der Waals surface area contributed by atoms with Crippen LogP contribution >= 0.6 is 0 Å². The van der Waals surface area contributed by atoms with Gasteiger partial charge in [-0.2, -0.15) is 0 Å². The smallest absolute Gasteiger partial charge is 0.121 e. The molecule has 2 unspecified atom stereocenters. The van der Waals surface area contributed by atoms with Crippen molar-refractivity contribution in [1.29, 1.82) is 0 Å². The average Bonchev–Trinajstić information content (AvgIpc) is 2.40. The van der Waals surface area contributed by atoms with Gasteiger partial charge in [-0.15, -0.1) is 0 Å². The molecule has 0 spiro atoms. The van der Waals surface area contributed by atoms with Crippen molar-refractivity contribution < 1.29 is 9.47 Å². The van der Waals surface area contributed by atoms with Gasteiger partial charge in [-0.05, 0) is 50.1 Å². The maximum Gasteiger partial charge on any atom is 0.121 e. The highest BCUT2D eigenvalue weighted by atomic mass is 16.5. The summed E-state index contributed by atoms with van der Waals surface area (Å²) in [6.45, 7) is 3.96. The summed E-state index contributed by atoms with van der Waals surface area (Å²) < 4.78 is 11.3. The van der Waals surface area contributed by atoms with Gasteiger partial charge in [-0.25, -0.2) is 0 Å². The van der Waals surface area contributed by atoms with Crippen LogP contribution in [0.15, 0.2) is 18.2 Å². The summed E-state index contributed by atoms with van der Waals surface area (Å²) in [7, 11) is 3.72. The van der Waals surface area contributed by atoms with Crippen LogP contribution in [0, 0.1) is 12.8 Å². The van der Waals surface area contributed by atoms with E-state index < -0.39 is 0 Å². The Morgan fingerprint density at radius 3 is 2.94 bits per heavy atom. The van der Waals surface area contributed by atoms with Crippen LogP contribution in [0.25, 0.3) is 0 Å². The molecule has 100 valence electrons. The SMILES string of the molecule is CNCC1CCCOC1c1ccc(OC)c(C)c1. The zero-order valence-corrected chi connectivity index (χ0v) is 11.5. The van der Waals surface area contributed by atoms with Crippen molar-refractivity contribution in [2.24, 2.45) is 5.92 Å². The van der Waals surface area contributed by atoms with Crippen LogP contribution < -0.4 is 10.1 Å². The first-order chi connectivity index (χ1) is 8.76. The van der Waals surface area contributed by atoms with Crippen LogP contribution in [0.2, 0.25) is 0 Å². The second-order valence-electron chi connectivity index (χ2n) is 4.98. The Labute approximate surface area is 109 Å². The molecule has 1 aliphatic rings. The van der Waals surface area contributed by atoms with E-state index >= 15 is 0 Å². The number of aryl methyl sites for hydroxylation is 1. The average molecular weight is 249 g/mol. The summed E-state index contributed by atoms with van der Waals surface area (Å²) >= 11 is 0. The van der Waals surface area contributed by atoms with Crippen molar-refractivity contribution in [1.82, 2.24) is 5.32 Å². The van der Waals surface area contributed by atoms with E-state index in [1.807, 2.05) is 13.1 Å². The van der Waals surface area contributed by atoms with Crippen LogP contribution in [0.3, 0.4) is 0 Å². The normalized spacial score (nSPS) is 23.9. The highest BCUT2D eigenvalue weighted by Gasteiger charge is 2.27. The Kier molecular flexibility index (Phi) is 4.61. The zero-order chi connectivity index (χ0) is 13.0. The van der Waals surface area contributed by atoms with Crippen LogP contribution in [-0.4, -0.2) is 27.3 Å². The van der Waals surface area contributed by atoms with E-state index in [2.05, 4.69) is 24.4 Å². The standard InChI is InChI=1S/C15H23NO2/c1-11-9-12(6-7-14(11)17-3)15-13(10-16-2)5-4-8-18-15/h6-7,9,13,15-16H,4-5,8,10H2,1-3H3. The Bertz CT molecular complexity index is 390. The van der Waals surface area contributed by atoms with Crippen molar-refractivity contribution >= 4 is 0 Å². The zero-order valence-electron chi connectivity index (χ0n) is 11.5. The molecule has 0 bridgehead atoms. The van der Waals surface area contributed by atoms with E-state index in [9.17, 15) is 0 Å². The topological polar surface area (TPSA) is 30.5 Å². The van der Waals surface area contributed by atoms with Gasteiger partial charge in [0.2, 0.25) is 0 Å². The first-order valence-corrected chi connectivity index (χ1v) is 6.67. The van der Waals surface area contributed by atoms with Gasteiger partial charge in [-0.3, -0.25) is 0 Å². The Hall–Kier alpha value is -1.06. The molecule has 18 heavy (non-hydrogen) atoms. The third-order valence-corrected chi connectivity index (χ3v) is 3.66. The number of nitrogens with one attached hydrogen (secondary N) is 1. The van der Waals surface area contributed by atoms with E-state index in [4.69, 9.17) is 9.47 Å². The number of methoxy groups -OCH3 is 1. The van der Waals surface area contributed by atoms with Crippen LogP contribution in [0.4, 0.5) is 0 Å². The maximum atomic E-state index is 5.98. The van der Waals surface area contributed by atoms with Gasteiger partial charge in [0.1, 0.15) is 5.75 Å². The van der Waals surface area contributed by atoms with E-state index in [0.29, 0.717) is 5.92 Å². The van der Waals surface area contributed by atoms with Gasteiger partial charge in [-0.1, -0.05) is 6.07 Å². The molecule has 1 saturated heterocycles. The largest absolute Gasteiger partial charge is 0.496 e. The lowest BCUT2D eigenvalue weighted by Crippen LogP contribution is -2.30. The first-order valence-electron chi connectivity index (χ1n) is 6.67. The van der Waals surface area contributed by atoms with Crippen molar-refractivity contribution in [2.75, 3.05) is 27.3 Å². The Balaban J connectivity index is 2.19. The van der Waals surface area contributed by atoms with Gasteiger partial charge < -0.3 is 14.8 Å². The molecule has 1 aliphatic heterocycles. The van der Waals surface area contributed by atoms with Gasteiger partial charge >= 0.3 is 0 Å². The Morgan fingerprint density at radius 1 is 1.44 bits per heavy atom. The molecule has 1 aromatic rings. The number of benzene rings is 1. The van der Waals surface area contributed by atoms with E-state index in [-0.39, 0.29) is 6.10 Å². The number of hydrogen-bond acceptors (Lipinski definition) is 3. The second kappa shape index (κ2) is 6.21. The molecule has 2 atom stereocenters. The summed E-state index contributed by atoms with van der Waals surface area (Å²) in [4.78, 5) is 0. The number of ether oxygens (including phenoxy) is 2. The first kappa shape index (κ1) is 13.4. The Morgan fingerprint density at radius 2 is 2.28 bits per heavy atom. The minimum atomic E-state index is 0.218. The predicted molar refractivity (Wildman–Crippen MR) is 73.1 cm³/mol. The molecule has 0 amide bonds. The minimum absolute atomic E-state index is 0.218. The maximum absolute atomic E-state index is 5.98. The number of rotatable bonds is 4. The molecule has 2 rings (SSSR count). The third-order valence-electron chi connectivity index (χ3n) is 3.66. The van der Waals surface area contributed by atoms with Gasteiger partial charge in [0.05, 0.1) is 13.2 Å². The van der Waals surface area contributed by atoms with Crippen LogP contribution in [0.5, 0.6) is 5.75 Å². The highest BCUT2D eigenvalue weighted by molar-refractivity contribution is 5.37. The summed E-state index contributed by atoms with van der Waals surface area (Å²) in [5.41, 5.74) is 2.45. The van der Waals surface area contributed by atoms with Crippen molar-refractivity contribution in [2.45, 2.75) is 25.9 Å². The quantitative estimate of drug-likeness (QED) is 0.890. The van der Waals surface area contributed by atoms with E-state index in [1.165, 1.54) is 17.5 Å². The number of hydrogen-bond donors (Lipinski definition) is 1. The lowest BCUT2D eigenvalue weighted by molar-refractivity contribution is -0.0272. The van der Waals surface area contributed by atoms with E-state index in [0.717, 1.165) is 25.3 Å². The molecule has 1 N–H and O–H groups in total. The van der Waals surface area contributed by atoms with Gasteiger partial charge in [0.25, 0.3) is 0 Å².